The number of ketones is 1. The van der Waals surface area contributed by atoms with Crippen molar-refractivity contribution in [3.05, 3.63) is 93.2 Å². The number of nitrogens with zero attached hydrogens (tertiary/aromatic N) is 1. The van der Waals surface area contributed by atoms with Crippen LogP contribution >= 0.6 is 23.2 Å². The van der Waals surface area contributed by atoms with E-state index in [2.05, 4.69) is 0 Å². The molecule has 174 valence electrons. The number of Topliss-reactive ketones (excluding diaryl/α,β-unsaturated/α-hetero) is 1. The summed E-state index contributed by atoms with van der Waals surface area (Å²) in [7, 11) is 2.86. The zero-order valence-corrected chi connectivity index (χ0v) is 19.5. The molecule has 1 aliphatic rings. The fourth-order valence-electron chi connectivity index (χ4n) is 3.89. The van der Waals surface area contributed by atoms with E-state index < -0.39 is 29.3 Å². The predicted molar refractivity (Wildman–Crippen MR) is 127 cm³/mol. The Kier molecular flexibility index (Phi) is 6.50. The number of carbonyl (C=O) groups excluding carboxylic acids is 2. The van der Waals surface area contributed by atoms with Gasteiger partial charge >= 0.3 is 0 Å². The van der Waals surface area contributed by atoms with Crippen molar-refractivity contribution in [3.8, 4) is 11.5 Å². The van der Waals surface area contributed by atoms with Crippen LogP contribution in [0.5, 0.6) is 11.5 Å². The van der Waals surface area contributed by atoms with E-state index in [4.69, 9.17) is 32.7 Å². The van der Waals surface area contributed by atoms with Gasteiger partial charge in [-0.25, -0.2) is 4.39 Å². The molecule has 4 rings (SSSR count). The second kappa shape index (κ2) is 9.37. The number of anilines is 1. The average Bonchev–Trinajstić information content (AvgIpc) is 3.09. The highest BCUT2D eigenvalue weighted by Crippen LogP contribution is 2.45. The normalized spacial score (nSPS) is 17.2. The first-order valence-corrected chi connectivity index (χ1v) is 10.8. The topological polar surface area (TPSA) is 76.1 Å². The second-order valence-corrected chi connectivity index (χ2v) is 8.23. The van der Waals surface area contributed by atoms with E-state index in [1.54, 1.807) is 24.3 Å². The molecule has 0 aromatic heterocycles. The van der Waals surface area contributed by atoms with Crippen LogP contribution in [0.2, 0.25) is 10.0 Å². The van der Waals surface area contributed by atoms with Crippen molar-refractivity contribution in [3.63, 3.8) is 0 Å². The van der Waals surface area contributed by atoms with Crippen LogP contribution in [0.25, 0.3) is 5.76 Å². The molecule has 1 fully saturated rings. The maximum absolute atomic E-state index is 13.6. The zero-order valence-electron chi connectivity index (χ0n) is 18.0. The van der Waals surface area contributed by atoms with Crippen LogP contribution < -0.4 is 14.4 Å². The summed E-state index contributed by atoms with van der Waals surface area (Å²) in [6.45, 7) is 0. The minimum absolute atomic E-state index is 0.0515. The van der Waals surface area contributed by atoms with Crippen LogP contribution in [-0.4, -0.2) is 31.0 Å². The quantitative estimate of drug-likeness (QED) is 0.272. The van der Waals surface area contributed by atoms with Gasteiger partial charge in [-0.3, -0.25) is 14.5 Å². The molecule has 0 spiro atoms. The van der Waals surface area contributed by atoms with Crippen LogP contribution in [0.3, 0.4) is 0 Å². The van der Waals surface area contributed by atoms with Gasteiger partial charge in [-0.1, -0.05) is 35.3 Å². The Bertz CT molecular complexity index is 1310. The number of carbonyl (C=O) groups is 2. The highest BCUT2D eigenvalue weighted by Gasteiger charge is 2.47. The molecule has 34 heavy (non-hydrogen) atoms. The van der Waals surface area contributed by atoms with Crippen LogP contribution in [0, 0.1) is 5.82 Å². The highest BCUT2D eigenvalue weighted by molar-refractivity contribution is 6.51. The van der Waals surface area contributed by atoms with E-state index in [1.807, 2.05) is 0 Å². The number of methoxy groups -OCH3 is 2. The summed E-state index contributed by atoms with van der Waals surface area (Å²) in [6.07, 6.45) is 0. The molecule has 6 nitrogen and oxygen atoms in total. The van der Waals surface area contributed by atoms with Crippen LogP contribution in [0.1, 0.15) is 17.2 Å². The zero-order chi connectivity index (χ0) is 24.6. The highest BCUT2D eigenvalue weighted by atomic mass is 35.5. The molecule has 0 bridgehead atoms. The molecule has 0 saturated carbocycles. The summed E-state index contributed by atoms with van der Waals surface area (Å²) >= 11 is 12.4. The molecule has 1 saturated heterocycles. The maximum Gasteiger partial charge on any atom is 0.300 e. The molecule has 3 aromatic rings. The fraction of sp³-hybridized carbons (Fsp3) is 0.120. The number of aliphatic hydroxyl groups is 1. The van der Waals surface area contributed by atoms with Gasteiger partial charge in [0.1, 0.15) is 23.1 Å². The van der Waals surface area contributed by atoms with Crippen molar-refractivity contribution in [2.45, 2.75) is 6.04 Å². The third-order valence-corrected chi connectivity index (χ3v) is 5.95. The standard InChI is InChI=1S/C25H18Cl2FNO5/c1-33-17-9-3-13(4-10-17)21-20(22(30)18-11-14(26)12-19(27)24(18)34-2)23(31)25(32)29(21)16-7-5-15(28)6-8-16/h3-12,21,30H,1-2H3/b22-20+. The van der Waals surface area contributed by atoms with Gasteiger partial charge < -0.3 is 14.6 Å². The Morgan fingerprint density at radius 2 is 1.62 bits per heavy atom. The SMILES string of the molecule is COc1ccc(C2/C(=C(\O)c3cc(Cl)cc(Cl)c3OC)C(=O)C(=O)N2c2ccc(F)cc2)cc1. The number of hydrogen-bond donors (Lipinski definition) is 1. The molecule has 1 unspecified atom stereocenters. The van der Waals surface area contributed by atoms with E-state index in [-0.39, 0.29) is 32.6 Å². The van der Waals surface area contributed by atoms with Crippen molar-refractivity contribution in [1.82, 2.24) is 0 Å². The lowest BCUT2D eigenvalue weighted by Crippen LogP contribution is -2.29. The Labute approximate surface area is 204 Å². The minimum atomic E-state index is -1.03. The number of rotatable bonds is 5. The molecule has 1 amide bonds. The molecule has 0 radical (unpaired) electrons. The summed E-state index contributed by atoms with van der Waals surface area (Å²) in [4.78, 5) is 27.6. The Hall–Kier alpha value is -3.55. The Morgan fingerprint density at radius 1 is 0.971 bits per heavy atom. The molecule has 1 aliphatic heterocycles. The summed E-state index contributed by atoms with van der Waals surface area (Å²) in [5.74, 6) is -2.18. The van der Waals surface area contributed by atoms with Gasteiger partial charge in [0.15, 0.2) is 0 Å². The van der Waals surface area contributed by atoms with E-state index in [9.17, 15) is 19.1 Å². The lowest BCUT2D eigenvalue weighted by atomic mass is 9.94. The van der Waals surface area contributed by atoms with Gasteiger partial charge in [0.2, 0.25) is 0 Å². The molecule has 1 atom stereocenters. The average molecular weight is 502 g/mol. The molecular weight excluding hydrogens is 484 g/mol. The largest absolute Gasteiger partial charge is 0.507 e. The van der Waals surface area contributed by atoms with Crippen molar-refractivity contribution >= 4 is 46.3 Å². The lowest BCUT2D eigenvalue weighted by molar-refractivity contribution is -0.132. The monoisotopic (exact) mass is 501 g/mol. The molecule has 3 aromatic carbocycles. The number of hydrogen-bond acceptors (Lipinski definition) is 5. The lowest BCUT2D eigenvalue weighted by Gasteiger charge is -2.25. The van der Waals surface area contributed by atoms with Crippen LogP contribution in [0.15, 0.2) is 66.2 Å². The van der Waals surface area contributed by atoms with Gasteiger partial charge in [-0.15, -0.1) is 0 Å². The third kappa shape index (κ3) is 4.08. The first-order chi connectivity index (χ1) is 16.3. The number of ether oxygens (including phenoxy) is 2. The van der Waals surface area contributed by atoms with Crippen LogP contribution in [0.4, 0.5) is 10.1 Å². The summed E-state index contributed by atoms with van der Waals surface area (Å²) in [5.41, 5.74) is 0.643. The number of halogens is 3. The van der Waals surface area contributed by atoms with E-state index in [1.165, 1.54) is 55.5 Å². The molecular formula is C25H18Cl2FNO5. The van der Waals surface area contributed by atoms with Crippen molar-refractivity contribution in [2.24, 2.45) is 0 Å². The number of aliphatic hydroxyl groups excluding tert-OH is 1. The van der Waals surface area contributed by atoms with Crippen molar-refractivity contribution < 1.29 is 28.6 Å². The first kappa shape index (κ1) is 23.6. The van der Waals surface area contributed by atoms with Gasteiger partial charge in [-0.05, 0) is 54.1 Å². The Morgan fingerprint density at radius 3 is 2.21 bits per heavy atom. The van der Waals surface area contributed by atoms with Gasteiger partial charge in [0, 0.05) is 10.7 Å². The molecule has 9 heteroatoms. The second-order valence-electron chi connectivity index (χ2n) is 7.39. The fourth-order valence-corrected chi connectivity index (χ4v) is 4.46. The van der Waals surface area contributed by atoms with Gasteiger partial charge in [0.25, 0.3) is 11.7 Å². The number of amides is 1. The van der Waals surface area contributed by atoms with E-state index in [0.29, 0.717) is 11.3 Å². The van der Waals surface area contributed by atoms with Crippen molar-refractivity contribution in [1.29, 1.82) is 0 Å². The summed E-state index contributed by atoms with van der Waals surface area (Å²) < 4.78 is 24.1. The Balaban J connectivity index is 1.99. The number of benzene rings is 3. The summed E-state index contributed by atoms with van der Waals surface area (Å²) in [6, 6.07) is 13.6. The minimum Gasteiger partial charge on any atom is -0.507 e. The van der Waals surface area contributed by atoms with E-state index >= 15 is 0 Å². The third-order valence-electron chi connectivity index (χ3n) is 5.45. The smallest absolute Gasteiger partial charge is 0.300 e. The van der Waals surface area contributed by atoms with Gasteiger partial charge in [-0.2, -0.15) is 0 Å². The summed E-state index contributed by atoms with van der Waals surface area (Å²) in [5, 5.41) is 11.6. The molecule has 0 aliphatic carbocycles. The maximum atomic E-state index is 13.6. The van der Waals surface area contributed by atoms with E-state index in [0.717, 1.165) is 0 Å². The van der Waals surface area contributed by atoms with Gasteiger partial charge in [0.05, 0.1) is 36.4 Å². The molecule has 1 N–H and O–H groups in total. The first-order valence-electron chi connectivity index (χ1n) is 10.0. The molecule has 1 heterocycles. The predicted octanol–water partition coefficient (Wildman–Crippen LogP) is 5.78. The van der Waals surface area contributed by atoms with Crippen LogP contribution in [-0.2, 0) is 9.59 Å². The van der Waals surface area contributed by atoms with Crippen molar-refractivity contribution in [2.75, 3.05) is 19.1 Å².